The Labute approximate surface area is 169 Å². The summed E-state index contributed by atoms with van der Waals surface area (Å²) >= 11 is 1.35. The van der Waals surface area contributed by atoms with E-state index in [1.807, 2.05) is 36.6 Å². The highest BCUT2D eigenvalue weighted by molar-refractivity contribution is 7.94. The third-order valence-electron chi connectivity index (χ3n) is 4.56. The Morgan fingerprint density at radius 3 is 2.57 bits per heavy atom. The highest BCUT2D eigenvalue weighted by atomic mass is 32.2. The van der Waals surface area contributed by atoms with Gasteiger partial charge in [-0.15, -0.1) is 0 Å². The molecule has 3 rings (SSSR count). The number of carbonyl (C=O) groups excluding carboxylic acids is 1. The van der Waals surface area contributed by atoms with Gasteiger partial charge in [-0.3, -0.25) is 0 Å². The topological polar surface area (TPSA) is 49.7 Å². The van der Waals surface area contributed by atoms with Crippen LogP contribution in [0.15, 0.2) is 54.7 Å². The second-order valence-electron chi connectivity index (χ2n) is 6.51. The molecule has 0 bridgehead atoms. The van der Waals surface area contributed by atoms with Crippen molar-refractivity contribution in [2.24, 2.45) is 0 Å². The zero-order valence-electron chi connectivity index (χ0n) is 16.4. The number of aromatic nitrogens is 1. The lowest BCUT2D eigenvalue weighted by atomic mass is 10.1. The molecule has 0 amide bonds. The Morgan fingerprint density at radius 2 is 1.86 bits per heavy atom. The number of methoxy groups -OCH3 is 1. The lowest BCUT2D eigenvalue weighted by Gasteiger charge is -2.12. The van der Waals surface area contributed by atoms with E-state index in [9.17, 15) is 4.79 Å². The summed E-state index contributed by atoms with van der Waals surface area (Å²) in [5.74, 6) is 1.16. The van der Waals surface area contributed by atoms with Crippen LogP contribution in [0.25, 0.3) is 10.9 Å². The summed E-state index contributed by atoms with van der Waals surface area (Å²) in [6, 6.07) is 16.2. The summed E-state index contributed by atoms with van der Waals surface area (Å²) in [4.78, 5) is 11.4. The largest absolute Gasteiger partial charge is 0.479 e. The van der Waals surface area contributed by atoms with Crippen molar-refractivity contribution in [3.05, 3.63) is 60.3 Å². The highest BCUT2D eigenvalue weighted by Gasteiger charge is 2.14. The van der Waals surface area contributed by atoms with Gasteiger partial charge in [0.05, 0.1) is 19.2 Å². The Balaban J connectivity index is 1.53. The van der Waals surface area contributed by atoms with Gasteiger partial charge < -0.3 is 18.2 Å². The van der Waals surface area contributed by atoms with Crippen LogP contribution in [0.3, 0.4) is 0 Å². The third-order valence-corrected chi connectivity index (χ3v) is 4.91. The average Bonchev–Trinajstić information content (AvgIpc) is 3.11. The molecule has 0 N–H and O–H groups in total. The van der Waals surface area contributed by atoms with Crippen LogP contribution in [-0.4, -0.2) is 30.0 Å². The molecule has 0 aliphatic carbocycles. The number of carbonyl (C=O) groups is 1. The number of aryl methyl sites for hydroxylation is 2. The Bertz CT molecular complexity index is 920. The zero-order chi connectivity index (χ0) is 19.9. The number of esters is 1. The van der Waals surface area contributed by atoms with Crippen molar-refractivity contribution < 1.29 is 18.5 Å². The Kier molecular flexibility index (Phi) is 6.87. The predicted octanol–water partition coefficient (Wildman–Crippen LogP) is 4.87. The molecular formula is C22H25NO4S. The van der Waals surface area contributed by atoms with Crippen LogP contribution in [0.1, 0.15) is 18.9 Å². The predicted molar refractivity (Wildman–Crippen MR) is 113 cm³/mol. The van der Waals surface area contributed by atoms with Gasteiger partial charge in [0, 0.05) is 29.9 Å². The third kappa shape index (κ3) is 5.01. The van der Waals surface area contributed by atoms with E-state index < -0.39 is 6.10 Å². The monoisotopic (exact) mass is 399 g/mol. The molecule has 1 atom stereocenters. The number of fused-ring (bicyclic) bond motifs is 1. The quantitative estimate of drug-likeness (QED) is 0.379. The van der Waals surface area contributed by atoms with Gasteiger partial charge in [-0.25, -0.2) is 4.79 Å². The minimum Gasteiger partial charge on any atom is -0.479 e. The molecule has 28 heavy (non-hydrogen) atoms. The first-order valence-electron chi connectivity index (χ1n) is 9.23. The molecule has 0 saturated heterocycles. The van der Waals surface area contributed by atoms with Crippen LogP contribution in [0.5, 0.6) is 11.5 Å². The van der Waals surface area contributed by atoms with E-state index in [0.29, 0.717) is 5.75 Å². The van der Waals surface area contributed by atoms with Gasteiger partial charge in [-0.05, 0) is 61.7 Å². The van der Waals surface area contributed by atoms with E-state index in [1.165, 1.54) is 35.6 Å². The summed E-state index contributed by atoms with van der Waals surface area (Å²) < 4.78 is 18.0. The maximum atomic E-state index is 11.4. The van der Waals surface area contributed by atoms with E-state index in [4.69, 9.17) is 8.92 Å². The average molecular weight is 400 g/mol. The molecule has 5 nitrogen and oxygen atoms in total. The van der Waals surface area contributed by atoms with E-state index in [0.717, 1.165) is 25.1 Å². The maximum Gasteiger partial charge on any atom is 0.346 e. The minimum atomic E-state index is -0.611. The van der Waals surface area contributed by atoms with Crippen LogP contribution in [0, 0.1) is 0 Å². The second kappa shape index (κ2) is 9.55. The van der Waals surface area contributed by atoms with Gasteiger partial charge in [0.2, 0.25) is 0 Å². The number of rotatable bonds is 9. The summed E-state index contributed by atoms with van der Waals surface area (Å²) in [7, 11) is 1.36. The molecule has 148 valence electrons. The van der Waals surface area contributed by atoms with Crippen LogP contribution in [0.2, 0.25) is 0 Å². The summed E-state index contributed by atoms with van der Waals surface area (Å²) in [6.45, 7) is 2.63. The smallest absolute Gasteiger partial charge is 0.346 e. The van der Waals surface area contributed by atoms with Crippen molar-refractivity contribution in [2.45, 2.75) is 32.4 Å². The molecule has 1 aromatic heterocycles. The van der Waals surface area contributed by atoms with Crippen LogP contribution >= 0.6 is 12.0 Å². The molecule has 0 radical (unpaired) electrons. The number of hydrogen-bond acceptors (Lipinski definition) is 5. The van der Waals surface area contributed by atoms with Gasteiger partial charge in [0.25, 0.3) is 0 Å². The standard InChI is InChI=1S/C22H25NO4S/c1-16(22(24)25-2)26-19-8-6-17(7-9-19)5-4-13-23-14-12-18-15-20(27-28-3)10-11-21(18)23/h6-12,14-16H,4-5,13H2,1-3H3. The van der Waals surface area contributed by atoms with Gasteiger partial charge >= 0.3 is 5.97 Å². The molecule has 0 aliphatic heterocycles. The van der Waals surface area contributed by atoms with E-state index >= 15 is 0 Å². The Morgan fingerprint density at radius 1 is 1.11 bits per heavy atom. The van der Waals surface area contributed by atoms with Crippen molar-refractivity contribution in [1.82, 2.24) is 4.57 Å². The van der Waals surface area contributed by atoms with E-state index in [2.05, 4.69) is 33.7 Å². The van der Waals surface area contributed by atoms with Crippen LogP contribution < -0.4 is 8.92 Å². The van der Waals surface area contributed by atoms with Crippen molar-refractivity contribution in [1.29, 1.82) is 0 Å². The fourth-order valence-electron chi connectivity index (χ4n) is 3.13. The molecular weight excluding hydrogens is 374 g/mol. The molecule has 6 heteroatoms. The molecule has 1 unspecified atom stereocenters. The van der Waals surface area contributed by atoms with Crippen LogP contribution in [0.4, 0.5) is 0 Å². The molecule has 0 aliphatic rings. The summed E-state index contributed by atoms with van der Waals surface area (Å²) in [6.07, 6.45) is 5.43. The molecule has 1 heterocycles. The van der Waals surface area contributed by atoms with Crippen LogP contribution in [-0.2, 0) is 22.5 Å². The Hall–Kier alpha value is -2.60. The maximum absolute atomic E-state index is 11.4. The van der Waals surface area contributed by atoms with Crippen molar-refractivity contribution in [2.75, 3.05) is 13.4 Å². The molecule has 0 fully saturated rings. The van der Waals surface area contributed by atoms with Gasteiger partial charge in [0.1, 0.15) is 11.5 Å². The van der Waals surface area contributed by atoms with Crippen molar-refractivity contribution in [3.63, 3.8) is 0 Å². The number of hydrogen-bond donors (Lipinski definition) is 0. The lowest BCUT2D eigenvalue weighted by Crippen LogP contribution is -2.24. The number of nitrogens with zero attached hydrogens (tertiary/aromatic N) is 1. The summed E-state index contributed by atoms with van der Waals surface area (Å²) in [5, 5.41) is 1.19. The molecule has 0 spiro atoms. The van der Waals surface area contributed by atoms with Crippen molar-refractivity contribution >= 4 is 28.9 Å². The molecule has 3 aromatic rings. The second-order valence-corrected chi connectivity index (χ2v) is 7.01. The molecule has 0 saturated carbocycles. The number of ether oxygens (including phenoxy) is 2. The summed E-state index contributed by atoms with van der Waals surface area (Å²) in [5.41, 5.74) is 2.46. The lowest BCUT2D eigenvalue weighted by molar-refractivity contribution is -0.147. The fraction of sp³-hybridized carbons (Fsp3) is 0.318. The van der Waals surface area contributed by atoms with Crippen molar-refractivity contribution in [3.8, 4) is 11.5 Å². The fourth-order valence-corrected chi connectivity index (χ4v) is 3.42. The van der Waals surface area contributed by atoms with Gasteiger partial charge in [-0.2, -0.15) is 0 Å². The molecule has 2 aromatic carbocycles. The highest BCUT2D eigenvalue weighted by Crippen LogP contribution is 2.24. The first-order valence-corrected chi connectivity index (χ1v) is 10.4. The SMILES string of the molecule is COC(=O)C(C)Oc1ccc(CCCn2ccc3cc(OSC)ccc32)cc1. The zero-order valence-corrected chi connectivity index (χ0v) is 17.2. The minimum absolute atomic E-state index is 0.379. The van der Waals surface area contributed by atoms with E-state index in [-0.39, 0.29) is 5.97 Å². The number of benzene rings is 2. The first-order chi connectivity index (χ1) is 13.6. The van der Waals surface area contributed by atoms with Gasteiger partial charge in [-0.1, -0.05) is 12.1 Å². The normalized spacial score (nSPS) is 12.0. The van der Waals surface area contributed by atoms with Gasteiger partial charge in [0.15, 0.2) is 6.10 Å². The first kappa shape index (κ1) is 20.1. The van der Waals surface area contributed by atoms with E-state index in [1.54, 1.807) is 6.92 Å².